The molecule has 0 bridgehead atoms. The minimum absolute atomic E-state index is 0.135. The highest BCUT2D eigenvalue weighted by Crippen LogP contribution is 2.29. The molecule has 182 valence electrons. The van der Waals surface area contributed by atoms with Crippen LogP contribution in [-0.4, -0.2) is 40.3 Å². The minimum atomic E-state index is -0.419. The van der Waals surface area contributed by atoms with Gasteiger partial charge in [0.1, 0.15) is 23.0 Å². The fourth-order valence-electron chi connectivity index (χ4n) is 3.85. The molecule has 12 heteroatoms. The van der Waals surface area contributed by atoms with Gasteiger partial charge in [0.15, 0.2) is 0 Å². The van der Waals surface area contributed by atoms with E-state index in [1.165, 1.54) is 36.7 Å². The lowest BCUT2D eigenvalue weighted by atomic mass is 10.1. The second-order valence-corrected chi connectivity index (χ2v) is 8.18. The van der Waals surface area contributed by atoms with Crippen LogP contribution in [0.3, 0.4) is 0 Å². The molecular formula is C26H12F2N8O2. The molecule has 4 heterocycles. The number of hydrogen-bond acceptors (Lipinski definition) is 10. The number of nitrogens with zero attached hydrogens (tertiary/aromatic N) is 8. The van der Waals surface area contributed by atoms with Crippen molar-refractivity contribution in [3.63, 3.8) is 0 Å². The molecule has 0 aliphatic rings. The van der Waals surface area contributed by atoms with Crippen molar-refractivity contribution >= 4 is 22.1 Å². The molecule has 7 aromatic rings. The number of aromatic nitrogens is 8. The van der Waals surface area contributed by atoms with Crippen molar-refractivity contribution in [2.75, 3.05) is 0 Å². The summed E-state index contributed by atoms with van der Waals surface area (Å²) >= 11 is 0. The van der Waals surface area contributed by atoms with E-state index in [1.54, 1.807) is 36.4 Å². The molecule has 0 unspecified atom stereocenters. The van der Waals surface area contributed by atoms with Gasteiger partial charge in [-0.1, -0.05) is 6.07 Å². The first-order chi connectivity index (χ1) is 18.6. The molecule has 0 atom stereocenters. The Kier molecular flexibility index (Phi) is 4.89. The maximum Gasteiger partial charge on any atom is 0.268 e. The summed E-state index contributed by atoms with van der Waals surface area (Å²) in [5.41, 5.74) is 3.66. The Labute approximate surface area is 211 Å². The van der Waals surface area contributed by atoms with Gasteiger partial charge in [-0.25, -0.2) is 18.7 Å². The van der Waals surface area contributed by atoms with Gasteiger partial charge < -0.3 is 8.83 Å². The molecule has 0 radical (unpaired) electrons. The van der Waals surface area contributed by atoms with E-state index in [0.29, 0.717) is 44.6 Å². The molecule has 0 aliphatic carbocycles. The van der Waals surface area contributed by atoms with Crippen LogP contribution in [0.4, 0.5) is 8.78 Å². The van der Waals surface area contributed by atoms with Crippen LogP contribution < -0.4 is 0 Å². The lowest BCUT2D eigenvalue weighted by Crippen LogP contribution is -1.89. The number of hydrogen-bond donors (Lipinski definition) is 0. The zero-order chi connectivity index (χ0) is 25.6. The second-order valence-electron chi connectivity index (χ2n) is 8.18. The van der Waals surface area contributed by atoms with E-state index in [0.717, 1.165) is 0 Å². The average Bonchev–Trinajstić information content (AvgIpc) is 3.63. The first-order valence-corrected chi connectivity index (χ1v) is 11.2. The van der Waals surface area contributed by atoms with Crippen molar-refractivity contribution in [3.8, 4) is 46.1 Å². The monoisotopic (exact) mass is 506 g/mol. The molecule has 0 fully saturated rings. The Bertz CT molecular complexity index is 1850. The van der Waals surface area contributed by atoms with Crippen LogP contribution in [0, 0.1) is 11.6 Å². The maximum absolute atomic E-state index is 13.6. The molecular weight excluding hydrogens is 494 g/mol. The maximum atomic E-state index is 13.6. The molecule has 10 nitrogen and oxygen atoms in total. The smallest absolute Gasteiger partial charge is 0.268 e. The first kappa shape index (κ1) is 21.7. The van der Waals surface area contributed by atoms with Gasteiger partial charge in [-0.2, -0.15) is 0 Å². The van der Waals surface area contributed by atoms with E-state index < -0.39 is 11.6 Å². The highest BCUT2D eigenvalue weighted by Gasteiger charge is 2.17. The summed E-state index contributed by atoms with van der Waals surface area (Å²) in [5.74, 6) is -0.114. The lowest BCUT2D eigenvalue weighted by Gasteiger charge is -2.00. The summed E-state index contributed by atoms with van der Waals surface area (Å²) in [7, 11) is 0. The van der Waals surface area contributed by atoms with Crippen LogP contribution in [0.2, 0.25) is 0 Å². The van der Waals surface area contributed by atoms with E-state index in [1.807, 2.05) is 0 Å². The van der Waals surface area contributed by atoms with Crippen molar-refractivity contribution in [1.82, 2.24) is 40.3 Å². The predicted octanol–water partition coefficient (Wildman–Crippen LogP) is 5.29. The fraction of sp³-hybridized carbons (Fsp3) is 0. The molecule has 4 aromatic heterocycles. The average molecular weight is 506 g/mol. The van der Waals surface area contributed by atoms with Gasteiger partial charge in [0.2, 0.25) is 11.8 Å². The van der Waals surface area contributed by atoms with Crippen molar-refractivity contribution in [3.05, 3.63) is 84.7 Å². The van der Waals surface area contributed by atoms with Gasteiger partial charge in [0, 0.05) is 23.3 Å². The van der Waals surface area contributed by atoms with E-state index in [-0.39, 0.29) is 23.6 Å². The van der Waals surface area contributed by atoms with E-state index >= 15 is 0 Å². The Morgan fingerprint density at radius 2 is 0.974 bits per heavy atom. The Balaban J connectivity index is 1.19. The van der Waals surface area contributed by atoms with Crippen LogP contribution in [0.5, 0.6) is 0 Å². The van der Waals surface area contributed by atoms with E-state index in [4.69, 9.17) is 8.83 Å². The van der Waals surface area contributed by atoms with Crippen molar-refractivity contribution < 1.29 is 17.6 Å². The summed E-state index contributed by atoms with van der Waals surface area (Å²) in [5, 5.41) is 16.3. The summed E-state index contributed by atoms with van der Waals surface area (Å²) in [6.07, 6.45) is 2.97. The molecule has 0 N–H and O–H groups in total. The second kappa shape index (κ2) is 8.55. The quantitative estimate of drug-likeness (QED) is 0.311. The zero-order valence-electron chi connectivity index (χ0n) is 19.1. The summed E-state index contributed by atoms with van der Waals surface area (Å²) in [6, 6.07) is 15.4. The molecule has 0 aliphatic heterocycles. The summed E-state index contributed by atoms with van der Waals surface area (Å²) in [6.45, 7) is 0. The number of fused-ring (bicyclic) bond motifs is 2. The molecule has 0 amide bonds. The SMILES string of the molecule is Fc1ccc2ncc(-c3nnc(-c4cccc(-c5nnc(-c6cnc7ccc(F)cc7n6)o5)c4)o3)nc2c1. The first-order valence-electron chi connectivity index (χ1n) is 11.2. The highest BCUT2D eigenvalue weighted by molar-refractivity contribution is 5.77. The van der Waals surface area contributed by atoms with Crippen molar-refractivity contribution in [2.24, 2.45) is 0 Å². The van der Waals surface area contributed by atoms with Gasteiger partial charge >= 0.3 is 0 Å². The number of halogens is 2. The summed E-state index contributed by atoms with van der Waals surface area (Å²) in [4.78, 5) is 17.3. The molecule has 0 saturated heterocycles. The zero-order valence-corrected chi connectivity index (χ0v) is 19.1. The molecule has 38 heavy (non-hydrogen) atoms. The van der Waals surface area contributed by atoms with Gasteiger partial charge in [-0.3, -0.25) is 9.97 Å². The third-order valence-corrected chi connectivity index (χ3v) is 5.65. The van der Waals surface area contributed by atoms with Crippen molar-refractivity contribution in [2.45, 2.75) is 0 Å². The summed E-state index contributed by atoms with van der Waals surface area (Å²) < 4.78 is 38.8. The Morgan fingerprint density at radius 3 is 1.47 bits per heavy atom. The van der Waals surface area contributed by atoms with Crippen LogP contribution in [-0.2, 0) is 0 Å². The molecule has 0 saturated carbocycles. The third-order valence-electron chi connectivity index (χ3n) is 5.65. The number of rotatable bonds is 4. The molecule has 7 rings (SSSR count). The van der Waals surface area contributed by atoms with Crippen LogP contribution in [0.25, 0.3) is 68.1 Å². The van der Waals surface area contributed by atoms with Gasteiger partial charge in [0.25, 0.3) is 11.8 Å². The molecule has 3 aromatic carbocycles. The normalized spacial score (nSPS) is 11.4. The van der Waals surface area contributed by atoms with E-state index in [2.05, 4.69) is 40.3 Å². The molecule has 0 spiro atoms. The van der Waals surface area contributed by atoms with Gasteiger partial charge in [-0.15, -0.1) is 20.4 Å². The predicted molar refractivity (Wildman–Crippen MR) is 130 cm³/mol. The van der Waals surface area contributed by atoms with Crippen LogP contribution in [0.15, 0.2) is 81.9 Å². The Morgan fingerprint density at radius 1 is 0.500 bits per heavy atom. The number of benzene rings is 3. The topological polar surface area (TPSA) is 129 Å². The van der Waals surface area contributed by atoms with Crippen LogP contribution >= 0.6 is 0 Å². The lowest BCUT2D eigenvalue weighted by molar-refractivity contribution is 0.580. The van der Waals surface area contributed by atoms with Crippen molar-refractivity contribution in [1.29, 1.82) is 0 Å². The third kappa shape index (κ3) is 3.89. The van der Waals surface area contributed by atoms with Crippen LogP contribution in [0.1, 0.15) is 0 Å². The van der Waals surface area contributed by atoms with Gasteiger partial charge in [-0.05, 0) is 42.5 Å². The fourth-order valence-corrected chi connectivity index (χ4v) is 3.85. The highest BCUT2D eigenvalue weighted by atomic mass is 19.1. The standard InChI is InChI=1S/C26H12F2N8O2/c27-15-4-6-17-19(9-15)31-21(11-29-17)25-35-33-23(37-25)13-2-1-3-14(8-13)24-34-36-26(38-24)22-12-30-18-7-5-16(28)10-20(18)32-22/h1-12H. The van der Waals surface area contributed by atoms with E-state index in [9.17, 15) is 8.78 Å². The van der Waals surface area contributed by atoms with Gasteiger partial charge in [0.05, 0.1) is 34.5 Å². The Hall–Kier alpha value is -5.52. The minimum Gasteiger partial charge on any atom is -0.415 e. The largest absolute Gasteiger partial charge is 0.415 e.